The molecule has 2 bridgehead atoms. The molecule has 0 saturated carbocycles. The summed E-state index contributed by atoms with van der Waals surface area (Å²) in [6, 6.07) is 10.6. The average molecular weight is 349 g/mol. The second-order valence-electron chi connectivity index (χ2n) is 6.07. The summed E-state index contributed by atoms with van der Waals surface area (Å²) in [6.07, 6.45) is 4.95. The van der Waals surface area contributed by atoms with E-state index in [0.29, 0.717) is 22.7 Å². The minimum Gasteiger partial charge on any atom is -0.456 e. The van der Waals surface area contributed by atoms with Crippen molar-refractivity contribution in [1.82, 2.24) is 10.6 Å². The molecule has 3 heterocycles. The maximum Gasteiger partial charge on any atom is 0.251 e. The molecule has 120 valence electrons. The third-order valence-electron chi connectivity index (χ3n) is 4.49. The van der Waals surface area contributed by atoms with Crippen molar-refractivity contribution in [3.63, 3.8) is 0 Å². The first-order valence-electron chi connectivity index (χ1n) is 7.76. The van der Waals surface area contributed by atoms with Crippen LogP contribution in [0.15, 0.2) is 51.0 Å². The monoisotopic (exact) mass is 348 g/mol. The first-order valence-corrected chi connectivity index (χ1v) is 8.96. The lowest BCUT2D eigenvalue weighted by Crippen LogP contribution is -2.42. The minimum atomic E-state index is 0.00180. The van der Waals surface area contributed by atoms with Gasteiger partial charge in [-0.25, -0.2) is 0 Å². The topological polar surface area (TPSA) is 54.3 Å². The molecule has 1 amide bonds. The molecule has 2 aliphatic heterocycles. The lowest BCUT2D eigenvalue weighted by atomic mass is 9.95. The second kappa shape index (κ2) is 6.23. The third kappa shape index (κ3) is 3.27. The van der Waals surface area contributed by atoms with E-state index >= 15 is 0 Å². The Bertz CT molecular complexity index is 716. The standard InChI is InChI=1S/C17H17ClN2O2S/c18-11-7-16(22-9-11)23-13-4-1-10(2-5-13)17(21)20-15-8-12-3-6-14(15)19-12/h1-2,4-5,7,9,12,14-15,19H,3,6,8H2,(H,20,21)/t12-,14+,15-/m1/s1. The van der Waals surface area contributed by atoms with Gasteiger partial charge in [0.2, 0.25) is 0 Å². The molecule has 23 heavy (non-hydrogen) atoms. The summed E-state index contributed by atoms with van der Waals surface area (Å²) in [5, 5.41) is 8.01. The van der Waals surface area contributed by atoms with Gasteiger partial charge in [-0.1, -0.05) is 23.4 Å². The molecule has 6 heteroatoms. The molecule has 2 N–H and O–H groups in total. The van der Waals surface area contributed by atoms with E-state index in [2.05, 4.69) is 10.6 Å². The van der Waals surface area contributed by atoms with Crippen LogP contribution in [-0.4, -0.2) is 24.0 Å². The minimum absolute atomic E-state index is 0.00180. The number of hydrogen-bond acceptors (Lipinski definition) is 4. The van der Waals surface area contributed by atoms with Crippen molar-refractivity contribution >= 4 is 29.3 Å². The number of carbonyl (C=O) groups is 1. The number of nitrogens with one attached hydrogen (secondary N) is 2. The van der Waals surface area contributed by atoms with Crippen LogP contribution >= 0.6 is 23.4 Å². The largest absolute Gasteiger partial charge is 0.456 e. The van der Waals surface area contributed by atoms with Crippen LogP contribution in [0.4, 0.5) is 0 Å². The lowest BCUT2D eigenvalue weighted by Gasteiger charge is -2.21. The number of amides is 1. The highest BCUT2D eigenvalue weighted by Crippen LogP contribution is 2.31. The molecule has 2 aromatic rings. The van der Waals surface area contributed by atoms with Crippen molar-refractivity contribution in [3.8, 4) is 0 Å². The van der Waals surface area contributed by atoms with E-state index in [1.54, 1.807) is 6.07 Å². The van der Waals surface area contributed by atoms with Gasteiger partial charge >= 0.3 is 0 Å². The maximum absolute atomic E-state index is 12.4. The van der Waals surface area contributed by atoms with Crippen LogP contribution in [-0.2, 0) is 0 Å². The number of furan rings is 1. The second-order valence-corrected chi connectivity index (χ2v) is 7.59. The van der Waals surface area contributed by atoms with E-state index in [9.17, 15) is 4.79 Å². The Balaban J connectivity index is 1.38. The molecule has 1 aromatic heterocycles. The number of fused-ring (bicyclic) bond motifs is 2. The summed E-state index contributed by atoms with van der Waals surface area (Å²) in [5.41, 5.74) is 0.689. The fourth-order valence-corrected chi connectivity index (χ4v) is 4.37. The Kier molecular flexibility index (Phi) is 4.09. The van der Waals surface area contributed by atoms with Gasteiger partial charge in [0, 0.05) is 34.7 Å². The molecule has 0 spiro atoms. The van der Waals surface area contributed by atoms with Crippen molar-refractivity contribution in [1.29, 1.82) is 0 Å². The molecule has 1 aromatic carbocycles. The molecule has 4 rings (SSSR count). The predicted molar refractivity (Wildman–Crippen MR) is 90.1 cm³/mol. The van der Waals surface area contributed by atoms with Crippen LogP contribution in [0.1, 0.15) is 29.6 Å². The Hall–Kier alpha value is -1.43. The fraction of sp³-hybridized carbons (Fsp3) is 0.353. The van der Waals surface area contributed by atoms with Crippen LogP contribution < -0.4 is 10.6 Å². The Morgan fingerprint density at radius 1 is 1.30 bits per heavy atom. The summed E-state index contributed by atoms with van der Waals surface area (Å²) in [5.74, 6) is 0.00180. The zero-order valence-electron chi connectivity index (χ0n) is 12.4. The Morgan fingerprint density at radius 2 is 2.13 bits per heavy atom. The molecular formula is C17H17ClN2O2S. The zero-order valence-corrected chi connectivity index (χ0v) is 14.0. The molecule has 2 aliphatic rings. The third-order valence-corrected chi connectivity index (χ3v) is 5.62. The summed E-state index contributed by atoms with van der Waals surface area (Å²) < 4.78 is 5.31. The fourth-order valence-electron chi connectivity index (χ4n) is 3.37. The van der Waals surface area contributed by atoms with Gasteiger partial charge in [-0.05, 0) is 43.5 Å². The van der Waals surface area contributed by atoms with Crippen LogP contribution in [0, 0.1) is 0 Å². The summed E-state index contributed by atoms with van der Waals surface area (Å²) in [7, 11) is 0. The van der Waals surface area contributed by atoms with E-state index in [-0.39, 0.29) is 11.9 Å². The Morgan fingerprint density at radius 3 is 2.74 bits per heavy atom. The molecule has 0 aliphatic carbocycles. The van der Waals surface area contributed by atoms with Gasteiger partial charge in [-0.2, -0.15) is 0 Å². The predicted octanol–water partition coefficient (Wildman–Crippen LogP) is 3.71. The number of rotatable bonds is 4. The van der Waals surface area contributed by atoms with Crippen molar-refractivity contribution in [3.05, 3.63) is 47.2 Å². The van der Waals surface area contributed by atoms with E-state index in [1.165, 1.54) is 24.4 Å². The van der Waals surface area contributed by atoms with Crippen LogP contribution in [0.3, 0.4) is 0 Å². The van der Waals surface area contributed by atoms with Crippen molar-refractivity contribution in [2.24, 2.45) is 0 Å². The highest BCUT2D eigenvalue weighted by Gasteiger charge is 2.39. The first kappa shape index (κ1) is 15.1. The van der Waals surface area contributed by atoms with Gasteiger partial charge < -0.3 is 15.1 Å². The number of halogens is 1. The van der Waals surface area contributed by atoms with E-state index in [4.69, 9.17) is 16.0 Å². The average Bonchev–Trinajstić information content (AvgIpc) is 3.25. The van der Waals surface area contributed by atoms with Crippen LogP contribution in [0.5, 0.6) is 0 Å². The smallest absolute Gasteiger partial charge is 0.251 e. The molecule has 2 saturated heterocycles. The molecular weight excluding hydrogens is 332 g/mol. The normalized spacial score (nSPS) is 25.7. The quantitative estimate of drug-likeness (QED) is 0.884. The SMILES string of the molecule is O=C(N[C@@H]1C[C@H]2CC[C@@H]1N2)c1ccc(Sc2cc(Cl)co2)cc1. The molecule has 0 radical (unpaired) electrons. The van der Waals surface area contributed by atoms with Gasteiger partial charge in [0.25, 0.3) is 5.91 Å². The number of hydrogen-bond donors (Lipinski definition) is 2. The zero-order chi connectivity index (χ0) is 15.8. The van der Waals surface area contributed by atoms with Gasteiger partial charge in [0.05, 0.1) is 5.02 Å². The summed E-state index contributed by atoms with van der Waals surface area (Å²) in [4.78, 5) is 13.4. The number of benzene rings is 1. The Labute approximate surface area is 144 Å². The van der Waals surface area contributed by atoms with Crippen LogP contribution in [0.2, 0.25) is 5.02 Å². The number of carbonyl (C=O) groups excluding carboxylic acids is 1. The van der Waals surface area contributed by atoms with Crippen molar-refractivity contribution in [2.75, 3.05) is 0 Å². The van der Waals surface area contributed by atoms with E-state index in [1.807, 2.05) is 24.3 Å². The highest BCUT2D eigenvalue weighted by atomic mass is 35.5. The van der Waals surface area contributed by atoms with Crippen LogP contribution in [0.25, 0.3) is 0 Å². The summed E-state index contributed by atoms with van der Waals surface area (Å²) >= 11 is 7.31. The molecule has 4 nitrogen and oxygen atoms in total. The van der Waals surface area contributed by atoms with E-state index in [0.717, 1.165) is 22.8 Å². The lowest BCUT2D eigenvalue weighted by molar-refractivity contribution is 0.0931. The van der Waals surface area contributed by atoms with Gasteiger partial charge in [-0.15, -0.1) is 0 Å². The maximum atomic E-state index is 12.4. The van der Waals surface area contributed by atoms with E-state index < -0.39 is 0 Å². The highest BCUT2D eigenvalue weighted by molar-refractivity contribution is 7.99. The first-order chi connectivity index (χ1) is 11.2. The molecule has 3 atom stereocenters. The summed E-state index contributed by atoms with van der Waals surface area (Å²) in [6.45, 7) is 0. The van der Waals surface area contributed by atoms with Crippen molar-refractivity contribution in [2.45, 2.75) is 47.4 Å². The van der Waals surface area contributed by atoms with Crippen molar-refractivity contribution < 1.29 is 9.21 Å². The van der Waals surface area contributed by atoms with Gasteiger partial charge in [-0.3, -0.25) is 4.79 Å². The van der Waals surface area contributed by atoms with Gasteiger partial charge in [0.1, 0.15) is 6.26 Å². The molecule has 2 fully saturated rings. The van der Waals surface area contributed by atoms with Gasteiger partial charge in [0.15, 0.2) is 5.09 Å². The molecule has 0 unspecified atom stereocenters.